The first kappa shape index (κ1) is 17.9. The molecule has 1 N–H and O–H groups in total. The summed E-state index contributed by atoms with van der Waals surface area (Å²) in [4.78, 5) is 4.46. The first-order valence-corrected chi connectivity index (χ1v) is 10.2. The molecule has 1 aliphatic rings. The minimum atomic E-state index is 0.311. The smallest absolute Gasteiger partial charge is 0.153 e. The Morgan fingerprint density at radius 1 is 1.14 bits per heavy atom. The average Bonchev–Trinajstić information content (AvgIpc) is 3.40. The number of benzene rings is 1. The van der Waals surface area contributed by atoms with Gasteiger partial charge in [-0.2, -0.15) is 5.10 Å². The van der Waals surface area contributed by atoms with Crippen LogP contribution in [0.25, 0.3) is 17.1 Å². The summed E-state index contributed by atoms with van der Waals surface area (Å²) in [5, 5.41) is 8.37. The van der Waals surface area contributed by atoms with Crippen LogP contribution in [0.15, 0.2) is 71.4 Å². The molecule has 5 nitrogen and oxygen atoms in total. The van der Waals surface area contributed by atoms with Gasteiger partial charge in [-0.25, -0.2) is 9.67 Å². The summed E-state index contributed by atoms with van der Waals surface area (Å²) < 4.78 is 7.76. The number of furan rings is 1. The van der Waals surface area contributed by atoms with Gasteiger partial charge in [0.05, 0.1) is 11.9 Å². The molecule has 0 fully saturated rings. The number of aryl methyl sites for hydroxylation is 1. The standard InChI is InChI=1S/C24H24N4O/c1-17-11-12-23(29-17)19-7-4-6-18(14-19)15-26-21-8-5-9-22-20(21)16-27-28(22)24-10-2-3-13-25-24/h2-4,6-7,10-14,16,21,26H,5,8-9,15H2,1H3. The van der Waals surface area contributed by atoms with Gasteiger partial charge in [-0.3, -0.25) is 0 Å². The molecule has 0 radical (unpaired) electrons. The number of rotatable bonds is 5. The molecule has 0 amide bonds. The number of nitrogens with zero attached hydrogens (tertiary/aromatic N) is 3. The monoisotopic (exact) mass is 384 g/mol. The second kappa shape index (κ2) is 7.68. The predicted molar refractivity (Wildman–Crippen MR) is 113 cm³/mol. The molecule has 146 valence electrons. The van der Waals surface area contributed by atoms with Crippen molar-refractivity contribution in [2.45, 2.75) is 38.8 Å². The zero-order chi connectivity index (χ0) is 19.6. The zero-order valence-corrected chi connectivity index (χ0v) is 16.5. The van der Waals surface area contributed by atoms with Gasteiger partial charge in [-0.15, -0.1) is 0 Å². The number of fused-ring (bicyclic) bond motifs is 1. The Morgan fingerprint density at radius 2 is 2.10 bits per heavy atom. The first-order chi connectivity index (χ1) is 14.3. The lowest BCUT2D eigenvalue weighted by Crippen LogP contribution is -2.25. The third-order valence-corrected chi connectivity index (χ3v) is 5.55. The fourth-order valence-corrected chi connectivity index (χ4v) is 4.11. The zero-order valence-electron chi connectivity index (χ0n) is 16.5. The summed E-state index contributed by atoms with van der Waals surface area (Å²) in [6.07, 6.45) is 7.13. The lowest BCUT2D eigenvalue weighted by atomic mass is 9.92. The maximum atomic E-state index is 5.77. The van der Waals surface area contributed by atoms with Crippen LogP contribution < -0.4 is 5.32 Å². The largest absolute Gasteiger partial charge is 0.461 e. The highest BCUT2D eigenvalue weighted by Gasteiger charge is 2.24. The van der Waals surface area contributed by atoms with E-state index in [1.807, 2.05) is 54.3 Å². The van der Waals surface area contributed by atoms with Crippen molar-refractivity contribution in [3.8, 4) is 17.1 Å². The van der Waals surface area contributed by atoms with E-state index < -0.39 is 0 Å². The van der Waals surface area contributed by atoms with Crippen LogP contribution >= 0.6 is 0 Å². The summed E-state index contributed by atoms with van der Waals surface area (Å²) in [7, 11) is 0. The van der Waals surface area contributed by atoms with E-state index >= 15 is 0 Å². The van der Waals surface area contributed by atoms with Crippen molar-refractivity contribution in [3.05, 3.63) is 89.6 Å². The Balaban J connectivity index is 1.34. The normalized spacial score (nSPS) is 16.0. The second-order valence-electron chi connectivity index (χ2n) is 7.58. The molecule has 4 aromatic rings. The Labute approximate surface area is 170 Å². The SMILES string of the molecule is Cc1ccc(-c2cccc(CNC3CCCc4c3cnn4-c3ccccn3)c2)o1. The number of nitrogens with one attached hydrogen (secondary N) is 1. The van der Waals surface area contributed by atoms with Crippen LogP contribution in [0, 0.1) is 6.92 Å². The molecule has 5 rings (SSSR count). The van der Waals surface area contributed by atoms with Crippen LogP contribution in [0.4, 0.5) is 0 Å². The lowest BCUT2D eigenvalue weighted by molar-refractivity contribution is 0.454. The molecule has 5 heteroatoms. The van der Waals surface area contributed by atoms with Gasteiger partial charge < -0.3 is 9.73 Å². The van der Waals surface area contributed by atoms with Gasteiger partial charge in [0.1, 0.15) is 11.5 Å². The Hall–Kier alpha value is -3.18. The maximum absolute atomic E-state index is 5.77. The lowest BCUT2D eigenvalue weighted by Gasteiger charge is -2.24. The summed E-state index contributed by atoms with van der Waals surface area (Å²) in [5.74, 6) is 2.74. The van der Waals surface area contributed by atoms with Crippen molar-refractivity contribution in [2.24, 2.45) is 0 Å². The molecule has 1 unspecified atom stereocenters. The molecule has 0 saturated heterocycles. The van der Waals surface area contributed by atoms with Crippen LogP contribution in [0.3, 0.4) is 0 Å². The molecule has 0 spiro atoms. The molecule has 0 aliphatic heterocycles. The van der Waals surface area contributed by atoms with Gasteiger partial charge in [-0.05, 0) is 62.1 Å². The summed E-state index contributed by atoms with van der Waals surface area (Å²) >= 11 is 0. The summed E-state index contributed by atoms with van der Waals surface area (Å²) in [5.41, 5.74) is 4.93. The Kier molecular flexibility index (Phi) is 4.74. The minimum Gasteiger partial charge on any atom is -0.461 e. The van der Waals surface area contributed by atoms with E-state index in [1.54, 1.807) is 0 Å². The molecule has 3 aromatic heterocycles. The number of hydrogen-bond donors (Lipinski definition) is 1. The molecule has 1 aliphatic carbocycles. The van der Waals surface area contributed by atoms with Gasteiger partial charge >= 0.3 is 0 Å². The van der Waals surface area contributed by atoms with E-state index in [-0.39, 0.29) is 0 Å². The van der Waals surface area contributed by atoms with Gasteiger partial charge in [-0.1, -0.05) is 24.3 Å². The van der Waals surface area contributed by atoms with Crippen LogP contribution in [-0.4, -0.2) is 14.8 Å². The fourth-order valence-electron chi connectivity index (χ4n) is 4.11. The van der Waals surface area contributed by atoms with Crippen LogP contribution in [0.5, 0.6) is 0 Å². The van der Waals surface area contributed by atoms with Gasteiger partial charge in [0, 0.05) is 29.9 Å². The van der Waals surface area contributed by atoms with E-state index in [0.29, 0.717) is 6.04 Å². The molecule has 29 heavy (non-hydrogen) atoms. The maximum Gasteiger partial charge on any atom is 0.153 e. The third kappa shape index (κ3) is 3.61. The minimum absolute atomic E-state index is 0.311. The highest BCUT2D eigenvalue weighted by Crippen LogP contribution is 2.31. The van der Waals surface area contributed by atoms with Crippen molar-refractivity contribution < 1.29 is 4.42 Å². The van der Waals surface area contributed by atoms with Crippen LogP contribution in [-0.2, 0) is 13.0 Å². The topological polar surface area (TPSA) is 55.9 Å². The van der Waals surface area contributed by atoms with Gasteiger partial charge in [0.15, 0.2) is 5.82 Å². The van der Waals surface area contributed by atoms with Crippen molar-refractivity contribution in [2.75, 3.05) is 0 Å². The number of pyridine rings is 1. The van der Waals surface area contributed by atoms with Gasteiger partial charge in [0.25, 0.3) is 0 Å². The predicted octanol–water partition coefficient (Wildman–Crippen LogP) is 5.00. The fraction of sp³-hybridized carbons (Fsp3) is 0.250. The number of aromatic nitrogens is 3. The molecular weight excluding hydrogens is 360 g/mol. The molecule has 0 saturated carbocycles. The van der Waals surface area contributed by atoms with Crippen LogP contribution in [0.2, 0.25) is 0 Å². The molecule has 3 heterocycles. The van der Waals surface area contributed by atoms with E-state index in [2.05, 4.69) is 39.7 Å². The highest BCUT2D eigenvalue weighted by molar-refractivity contribution is 5.58. The van der Waals surface area contributed by atoms with Crippen molar-refractivity contribution in [1.82, 2.24) is 20.1 Å². The van der Waals surface area contributed by atoms with E-state index in [9.17, 15) is 0 Å². The molecule has 1 aromatic carbocycles. The molecule has 0 bridgehead atoms. The highest BCUT2D eigenvalue weighted by atomic mass is 16.3. The molecule has 1 atom stereocenters. The summed E-state index contributed by atoms with van der Waals surface area (Å²) in [6, 6.07) is 18.8. The second-order valence-corrected chi connectivity index (χ2v) is 7.58. The Bertz CT molecular complexity index is 1110. The van der Waals surface area contributed by atoms with Gasteiger partial charge in [0.2, 0.25) is 0 Å². The molecular formula is C24H24N4O. The number of hydrogen-bond acceptors (Lipinski definition) is 4. The first-order valence-electron chi connectivity index (χ1n) is 10.2. The van der Waals surface area contributed by atoms with Crippen molar-refractivity contribution in [1.29, 1.82) is 0 Å². The van der Waals surface area contributed by atoms with Crippen molar-refractivity contribution in [3.63, 3.8) is 0 Å². The summed E-state index contributed by atoms with van der Waals surface area (Å²) in [6.45, 7) is 2.78. The van der Waals surface area contributed by atoms with Crippen molar-refractivity contribution >= 4 is 0 Å². The van der Waals surface area contributed by atoms with E-state index in [4.69, 9.17) is 4.42 Å². The van der Waals surface area contributed by atoms with E-state index in [0.717, 1.165) is 48.7 Å². The van der Waals surface area contributed by atoms with Crippen LogP contribution in [0.1, 0.15) is 41.5 Å². The van der Waals surface area contributed by atoms with E-state index in [1.165, 1.54) is 16.8 Å². The average molecular weight is 384 g/mol. The quantitative estimate of drug-likeness (QED) is 0.526. The third-order valence-electron chi connectivity index (χ3n) is 5.55. The Morgan fingerprint density at radius 3 is 2.93 bits per heavy atom.